The Morgan fingerprint density at radius 2 is 2.16 bits per heavy atom. The summed E-state index contributed by atoms with van der Waals surface area (Å²) < 4.78 is 5.67. The third-order valence-electron chi connectivity index (χ3n) is 2.73. The van der Waals surface area contributed by atoms with Crippen LogP contribution >= 0.6 is 11.6 Å². The Kier molecular flexibility index (Phi) is 4.87. The molecule has 0 aliphatic heterocycles. The zero-order valence-corrected chi connectivity index (χ0v) is 11.8. The summed E-state index contributed by atoms with van der Waals surface area (Å²) in [5.41, 5.74) is 0.633. The van der Waals surface area contributed by atoms with Gasteiger partial charge in [-0.1, -0.05) is 25.4 Å². The third kappa shape index (κ3) is 3.52. The number of hydrogen-bond acceptors (Lipinski definition) is 5. The van der Waals surface area contributed by atoms with Gasteiger partial charge in [-0.25, -0.2) is 4.98 Å². The second kappa shape index (κ2) is 6.63. The highest BCUT2D eigenvalue weighted by Crippen LogP contribution is 2.21. The van der Waals surface area contributed by atoms with Crippen LogP contribution in [0.4, 0.5) is 0 Å². The van der Waals surface area contributed by atoms with Crippen LogP contribution in [0.1, 0.15) is 38.6 Å². The van der Waals surface area contributed by atoms with Crippen LogP contribution in [0, 0.1) is 0 Å². The topological polar surface area (TPSA) is 63.8 Å². The van der Waals surface area contributed by atoms with Crippen molar-refractivity contribution in [2.24, 2.45) is 0 Å². The van der Waals surface area contributed by atoms with E-state index >= 15 is 0 Å². The molecule has 0 spiro atoms. The van der Waals surface area contributed by atoms with Crippen molar-refractivity contribution in [1.82, 2.24) is 20.5 Å². The Morgan fingerprint density at radius 1 is 1.32 bits per heavy atom. The highest BCUT2D eigenvalue weighted by atomic mass is 35.5. The van der Waals surface area contributed by atoms with E-state index in [1.165, 1.54) is 0 Å². The molecule has 0 fully saturated rings. The molecule has 2 rings (SSSR count). The number of nitrogens with one attached hydrogen (secondary N) is 1. The average Bonchev–Trinajstić information content (AvgIpc) is 2.90. The molecule has 2 heterocycles. The highest BCUT2D eigenvalue weighted by molar-refractivity contribution is 6.30. The molecule has 5 nitrogen and oxygen atoms in total. The van der Waals surface area contributed by atoms with Gasteiger partial charge in [-0.15, -0.1) is 10.2 Å². The average molecular weight is 281 g/mol. The van der Waals surface area contributed by atoms with Crippen LogP contribution < -0.4 is 5.32 Å². The van der Waals surface area contributed by atoms with Crippen molar-refractivity contribution in [2.75, 3.05) is 6.54 Å². The van der Waals surface area contributed by atoms with E-state index in [1.807, 2.05) is 0 Å². The van der Waals surface area contributed by atoms with Gasteiger partial charge in [0.05, 0.1) is 11.1 Å². The SMILES string of the molecule is CCCNC(CC)c1nnc(-c2ccc(Cl)cn2)o1. The summed E-state index contributed by atoms with van der Waals surface area (Å²) in [7, 11) is 0. The molecule has 0 aromatic carbocycles. The summed E-state index contributed by atoms with van der Waals surface area (Å²) in [6, 6.07) is 3.61. The molecule has 19 heavy (non-hydrogen) atoms. The van der Waals surface area contributed by atoms with Gasteiger partial charge in [0, 0.05) is 6.20 Å². The lowest BCUT2D eigenvalue weighted by Gasteiger charge is -2.11. The molecule has 6 heteroatoms. The molecule has 102 valence electrons. The van der Waals surface area contributed by atoms with E-state index < -0.39 is 0 Å². The monoisotopic (exact) mass is 280 g/mol. The lowest BCUT2D eigenvalue weighted by Crippen LogP contribution is -2.21. The molecule has 0 saturated heterocycles. The molecule has 0 radical (unpaired) electrons. The zero-order chi connectivity index (χ0) is 13.7. The van der Waals surface area contributed by atoms with Gasteiger partial charge < -0.3 is 9.73 Å². The molecule has 1 atom stereocenters. The van der Waals surface area contributed by atoms with E-state index in [0.717, 1.165) is 19.4 Å². The number of nitrogens with zero attached hydrogens (tertiary/aromatic N) is 3. The third-order valence-corrected chi connectivity index (χ3v) is 2.96. The number of pyridine rings is 1. The second-order valence-corrected chi connectivity index (χ2v) is 4.66. The quantitative estimate of drug-likeness (QED) is 0.880. The zero-order valence-electron chi connectivity index (χ0n) is 11.1. The maximum Gasteiger partial charge on any atom is 0.266 e. The Bertz CT molecular complexity index is 512. The fourth-order valence-electron chi connectivity index (χ4n) is 1.71. The van der Waals surface area contributed by atoms with Gasteiger partial charge in [0.2, 0.25) is 5.89 Å². The van der Waals surface area contributed by atoms with E-state index in [4.69, 9.17) is 16.0 Å². The van der Waals surface area contributed by atoms with Crippen LogP contribution in [0.5, 0.6) is 0 Å². The van der Waals surface area contributed by atoms with Crippen molar-refractivity contribution in [2.45, 2.75) is 32.7 Å². The van der Waals surface area contributed by atoms with Gasteiger partial charge in [-0.3, -0.25) is 0 Å². The summed E-state index contributed by atoms with van der Waals surface area (Å²) in [6.07, 6.45) is 3.53. The van der Waals surface area contributed by atoms with E-state index in [-0.39, 0.29) is 6.04 Å². The van der Waals surface area contributed by atoms with E-state index in [2.05, 4.69) is 34.3 Å². The normalized spacial score (nSPS) is 12.6. The molecule has 0 saturated carbocycles. The molecule has 1 unspecified atom stereocenters. The van der Waals surface area contributed by atoms with Crippen molar-refractivity contribution in [1.29, 1.82) is 0 Å². The standard InChI is InChI=1S/C13H17ClN4O/c1-3-7-15-10(4-2)12-17-18-13(19-12)11-6-5-9(14)8-16-11/h5-6,8,10,15H,3-4,7H2,1-2H3. The maximum atomic E-state index is 5.80. The summed E-state index contributed by atoms with van der Waals surface area (Å²) in [5, 5.41) is 12.1. The Morgan fingerprint density at radius 3 is 2.79 bits per heavy atom. The summed E-state index contributed by atoms with van der Waals surface area (Å²) >= 11 is 5.80. The first-order chi connectivity index (χ1) is 9.24. The maximum absolute atomic E-state index is 5.80. The van der Waals surface area contributed by atoms with Crippen LogP contribution in [0.2, 0.25) is 5.02 Å². The Labute approximate surface area is 117 Å². The molecular weight excluding hydrogens is 264 g/mol. The van der Waals surface area contributed by atoms with E-state index in [1.54, 1.807) is 18.3 Å². The molecule has 0 aliphatic carbocycles. The van der Waals surface area contributed by atoms with Crippen LogP contribution in [-0.4, -0.2) is 21.7 Å². The van der Waals surface area contributed by atoms with Crippen molar-refractivity contribution < 1.29 is 4.42 Å². The fourth-order valence-corrected chi connectivity index (χ4v) is 1.82. The molecular formula is C13H17ClN4O. The van der Waals surface area contributed by atoms with Gasteiger partial charge >= 0.3 is 0 Å². The van der Waals surface area contributed by atoms with Gasteiger partial charge in [-0.05, 0) is 31.5 Å². The minimum atomic E-state index is 0.0912. The Hall–Kier alpha value is -1.46. The predicted molar refractivity (Wildman–Crippen MR) is 73.9 cm³/mol. The highest BCUT2D eigenvalue weighted by Gasteiger charge is 2.17. The minimum Gasteiger partial charge on any atom is -0.418 e. The van der Waals surface area contributed by atoms with Crippen LogP contribution in [-0.2, 0) is 0 Å². The predicted octanol–water partition coefficient (Wildman–Crippen LogP) is 3.24. The van der Waals surface area contributed by atoms with Crippen molar-refractivity contribution in [3.05, 3.63) is 29.2 Å². The fraction of sp³-hybridized carbons (Fsp3) is 0.462. The summed E-state index contributed by atoms with van der Waals surface area (Å²) in [5.74, 6) is 1.02. The number of rotatable bonds is 6. The first-order valence-corrected chi connectivity index (χ1v) is 6.81. The van der Waals surface area contributed by atoms with Crippen LogP contribution in [0.15, 0.2) is 22.7 Å². The second-order valence-electron chi connectivity index (χ2n) is 4.22. The molecule has 1 N–H and O–H groups in total. The van der Waals surface area contributed by atoms with Crippen LogP contribution in [0.25, 0.3) is 11.6 Å². The largest absolute Gasteiger partial charge is 0.418 e. The van der Waals surface area contributed by atoms with E-state index in [9.17, 15) is 0 Å². The number of halogens is 1. The van der Waals surface area contributed by atoms with Gasteiger partial charge in [0.1, 0.15) is 5.69 Å². The van der Waals surface area contributed by atoms with Crippen molar-refractivity contribution in [3.8, 4) is 11.6 Å². The summed E-state index contributed by atoms with van der Waals surface area (Å²) in [6.45, 7) is 5.13. The molecule has 0 bridgehead atoms. The molecule has 2 aromatic heterocycles. The number of aromatic nitrogens is 3. The molecule has 2 aromatic rings. The van der Waals surface area contributed by atoms with Crippen molar-refractivity contribution >= 4 is 11.6 Å². The summed E-state index contributed by atoms with van der Waals surface area (Å²) in [4.78, 5) is 4.16. The lowest BCUT2D eigenvalue weighted by atomic mass is 10.2. The van der Waals surface area contributed by atoms with Crippen molar-refractivity contribution in [3.63, 3.8) is 0 Å². The first-order valence-electron chi connectivity index (χ1n) is 6.43. The lowest BCUT2D eigenvalue weighted by molar-refractivity contribution is 0.396. The Balaban J connectivity index is 2.15. The first kappa shape index (κ1) is 14.0. The molecule has 0 aliphatic rings. The smallest absolute Gasteiger partial charge is 0.266 e. The molecule has 0 amide bonds. The van der Waals surface area contributed by atoms with E-state index in [0.29, 0.717) is 22.5 Å². The minimum absolute atomic E-state index is 0.0912. The van der Waals surface area contributed by atoms with Gasteiger partial charge in [-0.2, -0.15) is 0 Å². The number of hydrogen-bond donors (Lipinski definition) is 1. The van der Waals surface area contributed by atoms with Gasteiger partial charge in [0.25, 0.3) is 5.89 Å². The van der Waals surface area contributed by atoms with Crippen LogP contribution in [0.3, 0.4) is 0 Å². The van der Waals surface area contributed by atoms with Gasteiger partial charge in [0.15, 0.2) is 0 Å².